The Morgan fingerprint density at radius 1 is 1.35 bits per heavy atom. The molecule has 2 N–H and O–H groups in total. The molecule has 0 spiro atoms. The molecular weight excluding hydrogens is 290 g/mol. The van der Waals surface area contributed by atoms with E-state index in [1.165, 1.54) is 5.56 Å². The molecule has 2 atom stereocenters. The van der Waals surface area contributed by atoms with Crippen molar-refractivity contribution in [2.24, 2.45) is 0 Å². The lowest BCUT2D eigenvalue weighted by molar-refractivity contribution is -0.126. The van der Waals surface area contributed by atoms with Crippen LogP contribution in [0, 0.1) is 0 Å². The average molecular weight is 319 g/mol. The van der Waals surface area contributed by atoms with E-state index in [-0.39, 0.29) is 11.9 Å². The highest BCUT2D eigenvalue weighted by Crippen LogP contribution is 2.09. The molecule has 1 amide bonds. The average Bonchev–Trinajstić information content (AvgIpc) is 2.62. The number of nitrogens with one attached hydrogen (secondary N) is 2. The van der Waals surface area contributed by atoms with Crippen LogP contribution in [-0.2, 0) is 16.0 Å². The topological polar surface area (TPSA) is 53.6 Å². The van der Waals surface area contributed by atoms with Crippen molar-refractivity contribution in [3.8, 4) is 0 Å². The fraction of sp³-hybridized carbons (Fsp3) is 0.611. The minimum absolute atomic E-state index is 0.0370. The molecule has 1 aliphatic rings. The summed E-state index contributed by atoms with van der Waals surface area (Å²) in [5, 5.41) is 6.30. The van der Waals surface area contributed by atoms with Gasteiger partial charge in [0.05, 0.1) is 13.2 Å². The number of morpholine rings is 1. The molecule has 0 aromatic heterocycles. The van der Waals surface area contributed by atoms with Gasteiger partial charge in [0.25, 0.3) is 0 Å². The van der Waals surface area contributed by atoms with E-state index in [0.29, 0.717) is 25.8 Å². The summed E-state index contributed by atoms with van der Waals surface area (Å²) < 4.78 is 5.36. The Bertz CT molecular complexity index is 457. The first-order chi connectivity index (χ1) is 11.2. The SMILES string of the molecule is CCN(CC)C(CNC(=O)C1COCCN1)Cc1ccccc1. The number of likely N-dealkylation sites (N-methyl/N-ethyl adjacent to an activating group) is 1. The highest BCUT2D eigenvalue weighted by atomic mass is 16.5. The van der Waals surface area contributed by atoms with Gasteiger partial charge in [0, 0.05) is 19.1 Å². The largest absolute Gasteiger partial charge is 0.378 e. The first-order valence-electron chi connectivity index (χ1n) is 8.61. The maximum Gasteiger partial charge on any atom is 0.239 e. The quantitative estimate of drug-likeness (QED) is 0.752. The fourth-order valence-corrected chi connectivity index (χ4v) is 3.03. The predicted molar refractivity (Wildman–Crippen MR) is 92.5 cm³/mol. The number of benzene rings is 1. The van der Waals surface area contributed by atoms with E-state index in [1.54, 1.807) is 0 Å². The van der Waals surface area contributed by atoms with Gasteiger partial charge in [0.2, 0.25) is 5.91 Å². The van der Waals surface area contributed by atoms with Gasteiger partial charge in [-0.25, -0.2) is 0 Å². The lowest BCUT2D eigenvalue weighted by Gasteiger charge is -2.31. The van der Waals surface area contributed by atoms with Crippen molar-refractivity contribution in [2.75, 3.05) is 39.4 Å². The summed E-state index contributed by atoms with van der Waals surface area (Å²) in [5.41, 5.74) is 1.30. The second kappa shape index (κ2) is 9.65. The monoisotopic (exact) mass is 319 g/mol. The zero-order valence-electron chi connectivity index (χ0n) is 14.3. The van der Waals surface area contributed by atoms with Crippen molar-refractivity contribution in [1.29, 1.82) is 0 Å². The summed E-state index contributed by atoms with van der Waals surface area (Å²) in [7, 11) is 0. The van der Waals surface area contributed by atoms with Gasteiger partial charge in [-0.2, -0.15) is 0 Å². The third-order valence-corrected chi connectivity index (χ3v) is 4.39. The molecule has 1 saturated heterocycles. The molecule has 1 aromatic carbocycles. The highest BCUT2D eigenvalue weighted by molar-refractivity contribution is 5.82. The molecule has 1 aliphatic heterocycles. The Labute approximate surface area is 139 Å². The number of ether oxygens (including phenoxy) is 1. The minimum atomic E-state index is -0.224. The van der Waals surface area contributed by atoms with Crippen molar-refractivity contribution < 1.29 is 9.53 Å². The van der Waals surface area contributed by atoms with Crippen LogP contribution in [0.5, 0.6) is 0 Å². The summed E-state index contributed by atoms with van der Waals surface area (Å²) >= 11 is 0. The van der Waals surface area contributed by atoms with Gasteiger partial charge in [0.1, 0.15) is 6.04 Å². The number of rotatable bonds is 8. The van der Waals surface area contributed by atoms with E-state index < -0.39 is 0 Å². The maximum absolute atomic E-state index is 12.3. The zero-order valence-corrected chi connectivity index (χ0v) is 14.3. The molecule has 0 radical (unpaired) electrons. The van der Waals surface area contributed by atoms with Crippen molar-refractivity contribution in [3.05, 3.63) is 35.9 Å². The van der Waals surface area contributed by atoms with E-state index in [1.807, 2.05) is 6.07 Å². The maximum atomic E-state index is 12.3. The van der Waals surface area contributed by atoms with E-state index in [2.05, 4.69) is 53.6 Å². The molecule has 128 valence electrons. The Morgan fingerprint density at radius 2 is 2.09 bits per heavy atom. The minimum Gasteiger partial charge on any atom is -0.378 e. The lowest BCUT2D eigenvalue weighted by Crippen LogP contribution is -2.54. The van der Waals surface area contributed by atoms with Gasteiger partial charge < -0.3 is 15.4 Å². The van der Waals surface area contributed by atoms with Crippen LogP contribution in [0.2, 0.25) is 0 Å². The second-order valence-corrected chi connectivity index (χ2v) is 5.89. The molecule has 0 bridgehead atoms. The zero-order chi connectivity index (χ0) is 16.5. The fourth-order valence-electron chi connectivity index (χ4n) is 3.03. The van der Waals surface area contributed by atoms with Gasteiger partial charge in [0.15, 0.2) is 0 Å². The molecule has 1 fully saturated rings. The van der Waals surface area contributed by atoms with Gasteiger partial charge in [-0.3, -0.25) is 9.69 Å². The van der Waals surface area contributed by atoms with Crippen molar-refractivity contribution in [3.63, 3.8) is 0 Å². The normalized spacial score (nSPS) is 19.5. The van der Waals surface area contributed by atoms with Gasteiger partial charge in [-0.1, -0.05) is 44.2 Å². The molecule has 5 nitrogen and oxygen atoms in total. The summed E-state index contributed by atoms with van der Waals surface area (Å²) in [6.45, 7) is 8.83. The van der Waals surface area contributed by atoms with Crippen LogP contribution in [0.15, 0.2) is 30.3 Å². The summed E-state index contributed by atoms with van der Waals surface area (Å²) in [4.78, 5) is 14.7. The van der Waals surface area contributed by atoms with Gasteiger partial charge in [-0.05, 0) is 25.1 Å². The second-order valence-electron chi connectivity index (χ2n) is 5.89. The molecule has 5 heteroatoms. The van der Waals surface area contributed by atoms with Crippen LogP contribution in [0.4, 0.5) is 0 Å². The number of hydrogen-bond acceptors (Lipinski definition) is 4. The first kappa shape index (κ1) is 17.9. The highest BCUT2D eigenvalue weighted by Gasteiger charge is 2.23. The van der Waals surface area contributed by atoms with Crippen LogP contribution < -0.4 is 10.6 Å². The van der Waals surface area contributed by atoms with Crippen molar-refractivity contribution in [2.45, 2.75) is 32.4 Å². The van der Waals surface area contributed by atoms with Gasteiger partial charge >= 0.3 is 0 Å². The Balaban J connectivity index is 1.92. The summed E-state index contributed by atoms with van der Waals surface area (Å²) in [5.74, 6) is 0.0370. The number of hydrogen-bond donors (Lipinski definition) is 2. The first-order valence-corrected chi connectivity index (χ1v) is 8.61. The lowest BCUT2D eigenvalue weighted by atomic mass is 10.0. The Morgan fingerprint density at radius 3 is 2.70 bits per heavy atom. The van der Waals surface area contributed by atoms with E-state index in [4.69, 9.17) is 4.74 Å². The predicted octanol–water partition coefficient (Wildman–Crippen LogP) is 1.04. The van der Waals surface area contributed by atoms with Crippen LogP contribution in [0.1, 0.15) is 19.4 Å². The number of amides is 1. The number of carbonyl (C=O) groups is 1. The van der Waals surface area contributed by atoms with Crippen LogP contribution in [0.25, 0.3) is 0 Å². The van der Waals surface area contributed by atoms with Gasteiger partial charge in [-0.15, -0.1) is 0 Å². The summed E-state index contributed by atoms with van der Waals surface area (Å²) in [6.07, 6.45) is 0.942. The van der Waals surface area contributed by atoms with Crippen molar-refractivity contribution >= 4 is 5.91 Å². The number of nitrogens with zero attached hydrogens (tertiary/aromatic N) is 1. The third kappa shape index (κ3) is 5.61. The third-order valence-electron chi connectivity index (χ3n) is 4.39. The number of carbonyl (C=O) groups excluding carboxylic acids is 1. The molecule has 2 rings (SSSR count). The van der Waals surface area contributed by atoms with E-state index in [0.717, 1.165) is 26.1 Å². The smallest absolute Gasteiger partial charge is 0.239 e. The molecule has 23 heavy (non-hydrogen) atoms. The van der Waals surface area contributed by atoms with Crippen molar-refractivity contribution in [1.82, 2.24) is 15.5 Å². The van der Waals surface area contributed by atoms with Crippen LogP contribution in [-0.4, -0.2) is 62.3 Å². The molecular formula is C18H29N3O2. The van der Waals surface area contributed by atoms with Crippen LogP contribution in [0.3, 0.4) is 0 Å². The van der Waals surface area contributed by atoms with Crippen LogP contribution >= 0.6 is 0 Å². The standard InChI is InChI=1S/C18H29N3O2/c1-3-21(4-2)16(12-15-8-6-5-7-9-15)13-20-18(22)17-14-23-11-10-19-17/h5-9,16-17,19H,3-4,10-14H2,1-2H3,(H,20,22). The van der Waals surface area contributed by atoms with E-state index >= 15 is 0 Å². The molecule has 1 aromatic rings. The Kier molecular flexibility index (Phi) is 7.52. The molecule has 0 aliphatic carbocycles. The molecule has 2 unspecified atom stereocenters. The molecule has 1 heterocycles. The Hall–Kier alpha value is -1.43. The molecule has 0 saturated carbocycles. The van der Waals surface area contributed by atoms with E-state index in [9.17, 15) is 4.79 Å². The summed E-state index contributed by atoms with van der Waals surface area (Å²) in [6, 6.07) is 10.5.